The number of pyridine rings is 1. The molecule has 0 fully saturated rings. The average molecular weight is 361 g/mol. The molecule has 0 unspecified atom stereocenters. The predicted octanol–water partition coefficient (Wildman–Crippen LogP) is 2.93. The molecule has 2 aromatic rings. The number of benzene rings is 1. The molecule has 0 atom stereocenters. The Labute approximate surface area is 135 Å². The molecular weight excluding hydrogens is 348 g/mol. The average Bonchev–Trinajstić information content (AvgIpc) is 2.50. The number of hydrogen-bond acceptors (Lipinski definition) is 4. The van der Waals surface area contributed by atoms with E-state index >= 15 is 0 Å². The summed E-state index contributed by atoms with van der Waals surface area (Å²) in [6.07, 6.45) is 1.03. The third-order valence-corrected chi connectivity index (χ3v) is 3.39. The van der Waals surface area contributed by atoms with Crippen LogP contribution in [0.4, 0.5) is 5.82 Å². The minimum absolute atomic E-state index is 0.254. The minimum Gasteiger partial charge on any atom is -0.304 e. The summed E-state index contributed by atoms with van der Waals surface area (Å²) < 4.78 is 0.756. The van der Waals surface area contributed by atoms with Crippen molar-refractivity contribution in [3.63, 3.8) is 0 Å². The van der Waals surface area contributed by atoms with Gasteiger partial charge in [-0.1, -0.05) is 29.8 Å². The van der Waals surface area contributed by atoms with Gasteiger partial charge in [0.05, 0.1) is 6.42 Å². The third-order valence-electron chi connectivity index (χ3n) is 2.92. The number of nitrogens with one attached hydrogen (secondary N) is 1. The van der Waals surface area contributed by atoms with Gasteiger partial charge in [-0.2, -0.15) is 0 Å². The van der Waals surface area contributed by atoms with Crippen molar-refractivity contribution >= 4 is 39.2 Å². The number of hydrogen-bond donors (Lipinski definition) is 1. The Bertz CT molecular complexity index is 709. The van der Waals surface area contributed by atoms with Gasteiger partial charge in [0.25, 0.3) is 5.91 Å². The number of anilines is 1. The van der Waals surface area contributed by atoms with Crippen molar-refractivity contribution in [3.8, 4) is 0 Å². The zero-order valence-corrected chi connectivity index (χ0v) is 13.4. The Morgan fingerprint density at radius 2 is 1.77 bits per heavy atom. The Hall–Kier alpha value is -2.34. The van der Waals surface area contributed by atoms with Crippen molar-refractivity contribution in [2.24, 2.45) is 0 Å². The molecule has 1 aromatic heterocycles. The molecule has 1 heterocycles. The first-order chi connectivity index (χ1) is 10.5. The molecule has 0 radical (unpaired) electrons. The molecule has 6 heteroatoms. The second kappa shape index (κ2) is 7.09. The molecule has 22 heavy (non-hydrogen) atoms. The van der Waals surface area contributed by atoms with Crippen LogP contribution in [0.2, 0.25) is 0 Å². The van der Waals surface area contributed by atoms with Gasteiger partial charge in [-0.25, -0.2) is 4.98 Å². The molecule has 1 aromatic carbocycles. The van der Waals surface area contributed by atoms with Crippen LogP contribution in [-0.2, 0) is 9.59 Å². The minimum atomic E-state index is -0.852. The van der Waals surface area contributed by atoms with Gasteiger partial charge < -0.3 is 5.32 Å². The molecular formula is C16H13BrN2O3. The largest absolute Gasteiger partial charge is 0.304 e. The number of Topliss-reactive ketones (excluding diaryl/α,β-unsaturated/α-hetero) is 2. The lowest BCUT2D eigenvalue weighted by Gasteiger charge is -2.04. The molecule has 0 aliphatic carbocycles. The van der Waals surface area contributed by atoms with E-state index < -0.39 is 18.1 Å². The maximum atomic E-state index is 11.9. The van der Waals surface area contributed by atoms with E-state index in [1.807, 2.05) is 6.92 Å². The van der Waals surface area contributed by atoms with Crippen molar-refractivity contribution in [2.75, 3.05) is 5.32 Å². The first-order valence-corrected chi connectivity index (χ1v) is 7.30. The van der Waals surface area contributed by atoms with Gasteiger partial charge >= 0.3 is 0 Å². The molecule has 0 saturated heterocycles. The summed E-state index contributed by atoms with van der Waals surface area (Å²) in [6.45, 7) is 1.90. The SMILES string of the molecule is Cc1ccc(C(=O)CC(=O)C(=O)Nc2ccc(Br)cn2)cc1. The Kier molecular flexibility index (Phi) is 5.16. The second-order valence-corrected chi connectivity index (χ2v) is 5.62. The Balaban J connectivity index is 1.96. The predicted molar refractivity (Wildman–Crippen MR) is 85.7 cm³/mol. The summed E-state index contributed by atoms with van der Waals surface area (Å²) in [5, 5.41) is 2.36. The first-order valence-electron chi connectivity index (χ1n) is 6.51. The number of halogens is 1. The van der Waals surface area contributed by atoms with Gasteiger partial charge in [0.2, 0.25) is 5.78 Å². The van der Waals surface area contributed by atoms with E-state index in [0.717, 1.165) is 10.0 Å². The fourth-order valence-electron chi connectivity index (χ4n) is 1.70. The number of carbonyl (C=O) groups excluding carboxylic acids is 3. The molecule has 0 saturated carbocycles. The van der Waals surface area contributed by atoms with E-state index in [9.17, 15) is 14.4 Å². The summed E-state index contributed by atoms with van der Waals surface area (Å²) in [5.74, 6) is -1.78. The summed E-state index contributed by atoms with van der Waals surface area (Å²) >= 11 is 3.22. The molecule has 0 spiro atoms. The summed E-state index contributed by atoms with van der Waals surface area (Å²) in [7, 11) is 0. The number of nitrogens with zero attached hydrogens (tertiary/aromatic N) is 1. The van der Waals surface area contributed by atoms with Crippen LogP contribution < -0.4 is 5.32 Å². The van der Waals surface area contributed by atoms with Gasteiger partial charge in [0.1, 0.15) is 5.82 Å². The highest BCUT2D eigenvalue weighted by molar-refractivity contribution is 9.10. The van der Waals surface area contributed by atoms with Crippen molar-refractivity contribution in [2.45, 2.75) is 13.3 Å². The molecule has 0 aliphatic heterocycles. The monoisotopic (exact) mass is 360 g/mol. The van der Waals surface area contributed by atoms with Crippen LogP contribution in [0, 0.1) is 6.92 Å². The maximum Gasteiger partial charge on any atom is 0.293 e. The Morgan fingerprint density at radius 3 is 2.36 bits per heavy atom. The van der Waals surface area contributed by atoms with E-state index in [-0.39, 0.29) is 11.6 Å². The van der Waals surface area contributed by atoms with Crippen molar-refractivity contribution in [1.82, 2.24) is 4.98 Å². The van der Waals surface area contributed by atoms with Crippen LogP contribution in [0.5, 0.6) is 0 Å². The van der Waals surface area contributed by atoms with Crippen molar-refractivity contribution in [3.05, 3.63) is 58.2 Å². The van der Waals surface area contributed by atoms with Crippen LogP contribution in [0.3, 0.4) is 0 Å². The normalized spacial score (nSPS) is 10.1. The fraction of sp³-hybridized carbons (Fsp3) is 0.125. The highest BCUT2D eigenvalue weighted by Crippen LogP contribution is 2.11. The topological polar surface area (TPSA) is 76.1 Å². The first kappa shape index (κ1) is 16.0. The molecule has 0 bridgehead atoms. The van der Waals surface area contributed by atoms with E-state index in [2.05, 4.69) is 26.2 Å². The third kappa shape index (κ3) is 4.33. The number of ketones is 2. The maximum absolute atomic E-state index is 11.9. The van der Waals surface area contributed by atoms with E-state index in [0.29, 0.717) is 5.56 Å². The lowest BCUT2D eigenvalue weighted by Crippen LogP contribution is -2.25. The number of amides is 1. The van der Waals surface area contributed by atoms with Crippen LogP contribution in [0.15, 0.2) is 47.1 Å². The van der Waals surface area contributed by atoms with Gasteiger partial charge in [-0.3, -0.25) is 14.4 Å². The van der Waals surface area contributed by atoms with Crippen LogP contribution in [0.1, 0.15) is 22.3 Å². The van der Waals surface area contributed by atoms with E-state index in [4.69, 9.17) is 0 Å². The van der Waals surface area contributed by atoms with Crippen LogP contribution in [0.25, 0.3) is 0 Å². The van der Waals surface area contributed by atoms with Gasteiger partial charge in [0.15, 0.2) is 5.78 Å². The fourth-order valence-corrected chi connectivity index (χ4v) is 1.94. The van der Waals surface area contributed by atoms with Crippen molar-refractivity contribution in [1.29, 1.82) is 0 Å². The second-order valence-electron chi connectivity index (χ2n) is 4.70. The quantitative estimate of drug-likeness (QED) is 0.505. The molecule has 2 rings (SSSR count). The summed E-state index contributed by atoms with van der Waals surface area (Å²) in [5.41, 5.74) is 1.43. The summed E-state index contributed by atoms with van der Waals surface area (Å²) in [4.78, 5) is 39.4. The zero-order valence-electron chi connectivity index (χ0n) is 11.8. The lowest BCUT2D eigenvalue weighted by atomic mass is 10.0. The van der Waals surface area contributed by atoms with E-state index in [1.165, 1.54) is 6.20 Å². The highest BCUT2D eigenvalue weighted by Gasteiger charge is 2.19. The number of aryl methyl sites for hydroxylation is 1. The number of rotatable bonds is 5. The number of aromatic nitrogens is 1. The lowest BCUT2D eigenvalue weighted by molar-refractivity contribution is -0.134. The van der Waals surface area contributed by atoms with Crippen molar-refractivity contribution < 1.29 is 14.4 Å². The molecule has 112 valence electrons. The van der Waals surface area contributed by atoms with Gasteiger partial charge in [-0.15, -0.1) is 0 Å². The number of carbonyl (C=O) groups is 3. The van der Waals surface area contributed by atoms with Crippen LogP contribution in [-0.4, -0.2) is 22.5 Å². The highest BCUT2D eigenvalue weighted by atomic mass is 79.9. The molecule has 5 nitrogen and oxygen atoms in total. The van der Waals surface area contributed by atoms with Gasteiger partial charge in [0, 0.05) is 16.2 Å². The molecule has 0 aliphatic rings. The van der Waals surface area contributed by atoms with E-state index in [1.54, 1.807) is 36.4 Å². The zero-order chi connectivity index (χ0) is 16.1. The van der Waals surface area contributed by atoms with Crippen LogP contribution >= 0.6 is 15.9 Å². The summed E-state index contributed by atoms with van der Waals surface area (Å²) in [6, 6.07) is 10.1. The standard InChI is InChI=1S/C16H13BrN2O3/c1-10-2-4-11(5-3-10)13(20)8-14(21)16(22)19-15-7-6-12(17)9-18-15/h2-7,9H,8H2,1H3,(H,18,19,22). The van der Waals surface area contributed by atoms with Gasteiger partial charge in [-0.05, 0) is 35.0 Å². The molecule has 1 amide bonds. The smallest absolute Gasteiger partial charge is 0.293 e. The molecule has 1 N–H and O–H groups in total. The Morgan fingerprint density at radius 1 is 1.09 bits per heavy atom.